The topological polar surface area (TPSA) is 81.5 Å². The normalized spacial score (nSPS) is 11.3. The van der Waals surface area contributed by atoms with E-state index in [1.54, 1.807) is 30.3 Å². The lowest BCUT2D eigenvalue weighted by Gasteiger charge is -2.07. The molecular weight excluding hydrogens is 274 g/mol. The van der Waals surface area contributed by atoms with Crippen LogP contribution in [-0.4, -0.2) is 16.3 Å². The van der Waals surface area contributed by atoms with E-state index in [4.69, 9.17) is 5.73 Å². The SMILES string of the molecule is CSC(N)=Nc1ccccc1-c1ccccc1[N+](=O)[O-]. The molecule has 5 nitrogen and oxygen atoms in total. The molecule has 0 aliphatic heterocycles. The fourth-order valence-corrected chi connectivity index (χ4v) is 2.01. The predicted molar refractivity (Wildman–Crippen MR) is 83.3 cm³/mol. The number of rotatable bonds is 3. The van der Waals surface area contributed by atoms with Crippen LogP contribution in [0.25, 0.3) is 11.1 Å². The van der Waals surface area contributed by atoms with Crippen molar-refractivity contribution in [3.05, 3.63) is 58.6 Å². The van der Waals surface area contributed by atoms with Crippen molar-refractivity contribution in [2.45, 2.75) is 0 Å². The standard InChI is InChI=1S/C14H13N3O2S/c1-20-14(15)16-12-8-4-2-6-10(12)11-7-3-5-9-13(11)17(18)19/h2-9H,1H3,(H2,15,16). The number of hydrogen-bond donors (Lipinski definition) is 1. The van der Waals surface area contributed by atoms with Crippen LogP contribution in [0.3, 0.4) is 0 Å². The van der Waals surface area contributed by atoms with Crippen LogP contribution in [0, 0.1) is 10.1 Å². The molecule has 6 heteroatoms. The number of para-hydroxylation sites is 2. The minimum absolute atomic E-state index is 0.0536. The predicted octanol–water partition coefficient (Wildman–Crippen LogP) is 3.57. The average Bonchev–Trinajstić information content (AvgIpc) is 2.47. The zero-order chi connectivity index (χ0) is 14.5. The Morgan fingerprint density at radius 1 is 1.15 bits per heavy atom. The van der Waals surface area contributed by atoms with E-state index in [9.17, 15) is 10.1 Å². The van der Waals surface area contributed by atoms with Gasteiger partial charge in [-0.25, -0.2) is 4.99 Å². The third-order valence-corrected chi connectivity index (χ3v) is 3.24. The first-order valence-electron chi connectivity index (χ1n) is 5.84. The Kier molecular flexibility index (Phi) is 4.37. The number of hydrogen-bond acceptors (Lipinski definition) is 4. The molecule has 0 heterocycles. The lowest BCUT2D eigenvalue weighted by molar-refractivity contribution is -0.384. The smallest absolute Gasteiger partial charge is 0.277 e. The number of nitrogens with two attached hydrogens (primary N) is 1. The number of nitrogens with zero attached hydrogens (tertiary/aromatic N) is 2. The molecule has 2 N–H and O–H groups in total. The quantitative estimate of drug-likeness (QED) is 0.405. The second-order valence-electron chi connectivity index (χ2n) is 3.95. The van der Waals surface area contributed by atoms with Crippen molar-refractivity contribution in [3.8, 4) is 11.1 Å². The van der Waals surface area contributed by atoms with Crippen molar-refractivity contribution in [3.63, 3.8) is 0 Å². The molecule has 0 spiro atoms. The first kappa shape index (κ1) is 14.1. The number of aliphatic imine (C=N–C) groups is 1. The second-order valence-corrected chi connectivity index (χ2v) is 4.77. The molecular formula is C14H13N3O2S. The number of nitro benzene ring substituents is 1. The van der Waals surface area contributed by atoms with Crippen molar-refractivity contribution >= 4 is 28.3 Å². The van der Waals surface area contributed by atoms with Gasteiger partial charge in [0, 0.05) is 11.6 Å². The molecule has 0 aromatic heterocycles. The molecule has 0 bridgehead atoms. The van der Waals surface area contributed by atoms with E-state index in [1.165, 1.54) is 17.8 Å². The minimum Gasteiger partial charge on any atom is -0.378 e. The first-order valence-corrected chi connectivity index (χ1v) is 7.07. The monoisotopic (exact) mass is 287 g/mol. The largest absolute Gasteiger partial charge is 0.378 e. The molecule has 2 aromatic carbocycles. The summed E-state index contributed by atoms with van der Waals surface area (Å²) in [4.78, 5) is 15.0. The molecule has 102 valence electrons. The number of thioether (sulfide) groups is 1. The lowest BCUT2D eigenvalue weighted by Crippen LogP contribution is -2.04. The summed E-state index contributed by atoms with van der Waals surface area (Å²) in [5.74, 6) is 0. The highest BCUT2D eigenvalue weighted by Crippen LogP contribution is 2.36. The van der Waals surface area contributed by atoms with E-state index < -0.39 is 4.92 Å². The molecule has 0 unspecified atom stereocenters. The van der Waals surface area contributed by atoms with Crippen LogP contribution in [0.2, 0.25) is 0 Å². The van der Waals surface area contributed by atoms with Gasteiger partial charge in [0.1, 0.15) is 0 Å². The van der Waals surface area contributed by atoms with Crippen LogP contribution in [0.4, 0.5) is 11.4 Å². The molecule has 0 amide bonds. The number of nitro groups is 1. The highest BCUT2D eigenvalue weighted by Gasteiger charge is 2.16. The summed E-state index contributed by atoms with van der Waals surface area (Å²) in [7, 11) is 0. The Hall–Kier alpha value is -2.34. The molecule has 0 atom stereocenters. The van der Waals surface area contributed by atoms with Gasteiger partial charge in [-0.15, -0.1) is 0 Å². The molecule has 0 radical (unpaired) electrons. The molecule has 0 saturated heterocycles. The number of amidine groups is 1. The van der Waals surface area contributed by atoms with Gasteiger partial charge in [0.05, 0.1) is 16.2 Å². The lowest BCUT2D eigenvalue weighted by atomic mass is 10.0. The van der Waals surface area contributed by atoms with Gasteiger partial charge in [0.15, 0.2) is 5.17 Å². The highest BCUT2D eigenvalue weighted by molar-refractivity contribution is 8.13. The summed E-state index contributed by atoms with van der Waals surface area (Å²) >= 11 is 1.33. The highest BCUT2D eigenvalue weighted by atomic mass is 32.2. The van der Waals surface area contributed by atoms with Gasteiger partial charge in [-0.3, -0.25) is 10.1 Å². The van der Waals surface area contributed by atoms with Gasteiger partial charge in [-0.05, 0) is 18.4 Å². The van der Waals surface area contributed by atoms with Crippen LogP contribution >= 0.6 is 11.8 Å². The maximum Gasteiger partial charge on any atom is 0.277 e. The fourth-order valence-electron chi connectivity index (χ4n) is 1.82. The van der Waals surface area contributed by atoms with Gasteiger partial charge in [-0.1, -0.05) is 42.1 Å². The fraction of sp³-hybridized carbons (Fsp3) is 0.0714. The van der Waals surface area contributed by atoms with Crippen LogP contribution in [0.5, 0.6) is 0 Å². The van der Waals surface area contributed by atoms with Crippen molar-refractivity contribution in [1.29, 1.82) is 0 Å². The summed E-state index contributed by atoms with van der Waals surface area (Å²) in [6.07, 6.45) is 1.83. The average molecular weight is 287 g/mol. The van der Waals surface area contributed by atoms with Crippen molar-refractivity contribution in [1.82, 2.24) is 0 Å². The maximum absolute atomic E-state index is 11.1. The molecule has 0 fully saturated rings. The Balaban J connectivity index is 2.62. The van der Waals surface area contributed by atoms with Gasteiger partial charge in [-0.2, -0.15) is 0 Å². The first-order chi connectivity index (χ1) is 9.63. The third-order valence-electron chi connectivity index (χ3n) is 2.73. The summed E-state index contributed by atoms with van der Waals surface area (Å²) in [5, 5.41) is 11.5. The van der Waals surface area contributed by atoms with Gasteiger partial charge >= 0.3 is 0 Å². The molecule has 0 saturated carbocycles. The van der Waals surface area contributed by atoms with Crippen molar-refractivity contribution < 1.29 is 4.92 Å². The van der Waals surface area contributed by atoms with Gasteiger partial charge < -0.3 is 5.73 Å². The second kappa shape index (κ2) is 6.21. The molecule has 2 aromatic rings. The summed E-state index contributed by atoms with van der Waals surface area (Å²) < 4.78 is 0. The minimum atomic E-state index is -0.395. The van der Waals surface area contributed by atoms with Gasteiger partial charge in [0.25, 0.3) is 5.69 Å². The van der Waals surface area contributed by atoms with Crippen molar-refractivity contribution in [2.75, 3.05) is 6.26 Å². The Bertz CT molecular complexity index is 671. The number of benzene rings is 2. The zero-order valence-electron chi connectivity index (χ0n) is 10.8. The van der Waals surface area contributed by atoms with Crippen molar-refractivity contribution in [2.24, 2.45) is 10.7 Å². The Labute approximate surface area is 120 Å². The van der Waals surface area contributed by atoms with Gasteiger partial charge in [0.2, 0.25) is 0 Å². The van der Waals surface area contributed by atoms with E-state index >= 15 is 0 Å². The molecule has 2 rings (SSSR count). The third kappa shape index (κ3) is 2.97. The van der Waals surface area contributed by atoms with E-state index in [0.29, 0.717) is 22.0 Å². The van der Waals surface area contributed by atoms with E-state index in [2.05, 4.69) is 4.99 Å². The summed E-state index contributed by atoms with van der Waals surface area (Å²) in [5.41, 5.74) is 7.63. The van der Waals surface area contributed by atoms with E-state index in [-0.39, 0.29) is 5.69 Å². The van der Waals surface area contributed by atoms with E-state index in [0.717, 1.165) is 0 Å². The zero-order valence-corrected chi connectivity index (χ0v) is 11.6. The maximum atomic E-state index is 11.1. The molecule has 0 aliphatic carbocycles. The van der Waals surface area contributed by atoms with Crippen LogP contribution in [-0.2, 0) is 0 Å². The van der Waals surface area contributed by atoms with Crippen LogP contribution in [0.15, 0.2) is 53.5 Å². The molecule has 20 heavy (non-hydrogen) atoms. The van der Waals surface area contributed by atoms with E-state index in [1.807, 2.05) is 18.4 Å². The molecule has 0 aliphatic rings. The summed E-state index contributed by atoms with van der Waals surface area (Å²) in [6.45, 7) is 0. The summed E-state index contributed by atoms with van der Waals surface area (Å²) in [6, 6.07) is 13.8. The van der Waals surface area contributed by atoms with Crippen LogP contribution in [0.1, 0.15) is 0 Å². The Morgan fingerprint density at radius 3 is 2.40 bits per heavy atom. The van der Waals surface area contributed by atoms with Crippen LogP contribution < -0.4 is 5.73 Å². The Morgan fingerprint density at radius 2 is 1.75 bits per heavy atom.